The van der Waals surface area contributed by atoms with Gasteiger partial charge in [0.25, 0.3) is 5.56 Å². The minimum Gasteiger partial charge on any atom is -0.480 e. The molecule has 0 unspecified atom stereocenters. The number of carboxylic acid groups (broad SMARTS) is 1. The highest BCUT2D eigenvalue weighted by Gasteiger charge is 2.35. The Morgan fingerprint density at radius 1 is 1.19 bits per heavy atom. The fourth-order valence-electron chi connectivity index (χ4n) is 3.83. The highest BCUT2D eigenvalue weighted by molar-refractivity contribution is 7.99. The first-order chi connectivity index (χ1) is 13.0. The second kappa shape index (κ2) is 6.87. The van der Waals surface area contributed by atoms with E-state index in [1.54, 1.807) is 6.07 Å². The molecule has 0 fully saturated rings. The zero-order valence-corrected chi connectivity index (χ0v) is 16.0. The average Bonchev–Trinajstić information content (AvgIpc) is 3.07. The fraction of sp³-hybridized carbons (Fsp3) is 0.238. The molecule has 2 heterocycles. The summed E-state index contributed by atoms with van der Waals surface area (Å²) in [5, 5.41) is 12.6. The van der Waals surface area contributed by atoms with Crippen LogP contribution in [0.3, 0.4) is 0 Å². The van der Waals surface area contributed by atoms with Crippen molar-refractivity contribution in [3.8, 4) is 0 Å². The number of benzene rings is 2. The lowest BCUT2D eigenvalue weighted by Crippen LogP contribution is -3.00. The summed E-state index contributed by atoms with van der Waals surface area (Å²) in [5.41, 5.74) is 2.90. The maximum atomic E-state index is 12.8. The number of rotatable bonds is 4. The van der Waals surface area contributed by atoms with Crippen LogP contribution < -0.4 is 10.5 Å². The first-order valence-electron chi connectivity index (χ1n) is 8.88. The largest absolute Gasteiger partial charge is 0.480 e. The summed E-state index contributed by atoms with van der Waals surface area (Å²) in [6.45, 7) is 0. The van der Waals surface area contributed by atoms with Gasteiger partial charge in [0.05, 0.1) is 14.1 Å². The van der Waals surface area contributed by atoms with Gasteiger partial charge in [0.2, 0.25) is 0 Å². The second-order valence-corrected chi connectivity index (χ2v) is 8.05. The Hall–Kier alpha value is -2.57. The highest BCUT2D eigenvalue weighted by Crippen LogP contribution is 2.37. The van der Waals surface area contributed by atoms with E-state index < -0.39 is 12.0 Å². The molecule has 0 spiro atoms. The van der Waals surface area contributed by atoms with E-state index in [1.165, 1.54) is 27.1 Å². The molecule has 1 atom stereocenters. The van der Waals surface area contributed by atoms with E-state index in [0.29, 0.717) is 12.2 Å². The zero-order chi connectivity index (χ0) is 19.1. The summed E-state index contributed by atoms with van der Waals surface area (Å²) >= 11 is 1.46. The summed E-state index contributed by atoms with van der Waals surface area (Å²) in [5.74, 6) is -0.562. The third-order valence-corrected chi connectivity index (χ3v) is 6.18. The molecule has 2 N–H and O–H groups in total. The summed E-state index contributed by atoms with van der Waals surface area (Å²) in [7, 11) is 4.03. The van der Waals surface area contributed by atoms with Gasteiger partial charge in [0, 0.05) is 23.8 Å². The topological polar surface area (TPSA) is 63.7 Å². The second-order valence-electron chi connectivity index (χ2n) is 7.04. The standard InChI is InChI=1S/C21H20N2O3S/c1-22(2)19-15(10-14-8-5-7-13-6-3-4-9-16(13)14)11-18(24)23-17(21(25)26)12-27-20(19)23/h3-9,11,17H,10,12H2,1-2H3,(H,25,26)/p+1/t17-/m1/s1. The van der Waals surface area contributed by atoms with Gasteiger partial charge in [-0.15, -0.1) is 0 Å². The number of hydrogen-bond acceptors (Lipinski definition) is 3. The number of fused-ring (bicyclic) bond motifs is 2. The molecule has 138 valence electrons. The number of carboxylic acids is 1. The predicted octanol–water partition coefficient (Wildman–Crippen LogP) is 2.10. The number of nitrogens with one attached hydrogen (secondary N) is 1. The van der Waals surface area contributed by atoms with Crippen LogP contribution in [-0.2, 0) is 11.2 Å². The van der Waals surface area contributed by atoms with E-state index in [1.807, 2.05) is 32.3 Å². The molecule has 2 aromatic carbocycles. The van der Waals surface area contributed by atoms with Crippen LogP contribution in [0, 0.1) is 0 Å². The first-order valence-corrected chi connectivity index (χ1v) is 9.87. The first kappa shape index (κ1) is 17.8. The number of quaternary nitrogens is 1. The number of carbonyl (C=O) groups is 1. The van der Waals surface area contributed by atoms with Gasteiger partial charge in [-0.25, -0.2) is 4.79 Å². The molecule has 0 saturated carbocycles. The predicted molar refractivity (Wildman–Crippen MR) is 107 cm³/mol. The van der Waals surface area contributed by atoms with E-state index >= 15 is 0 Å². The summed E-state index contributed by atoms with van der Waals surface area (Å²) < 4.78 is 1.45. The van der Waals surface area contributed by atoms with Gasteiger partial charge in [-0.1, -0.05) is 54.2 Å². The molecule has 0 bridgehead atoms. The number of hydrogen-bond donors (Lipinski definition) is 2. The number of pyridine rings is 1. The molecule has 0 saturated heterocycles. The van der Waals surface area contributed by atoms with Crippen LogP contribution in [0.5, 0.6) is 0 Å². The lowest BCUT2D eigenvalue weighted by Gasteiger charge is -2.18. The number of thioether (sulfide) groups is 1. The Kier molecular flexibility index (Phi) is 4.53. The van der Waals surface area contributed by atoms with Gasteiger partial charge in [-0.05, 0) is 16.3 Å². The van der Waals surface area contributed by atoms with E-state index in [0.717, 1.165) is 26.7 Å². The molecule has 27 heavy (non-hydrogen) atoms. The van der Waals surface area contributed by atoms with Crippen LogP contribution >= 0.6 is 11.8 Å². The maximum absolute atomic E-state index is 12.8. The van der Waals surface area contributed by atoms with Crippen molar-refractivity contribution in [3.63, 3.8) is 0 Å². The highest BCUT2D eigenvalue weighted by atomic mass is 32.2. The molecule has 5 nitrogen and oxygen atoms in total. The van der Waals surface area contributed by atoms with Crippen LogP contribution in [0.25, 0.3) is 10.8 Å². The van der Waals surface area contributed by atoms with Crippen LogP contribution in [0.4, 0.5) is 5.69 Å². The van der Waals surface area contributed by atoms with Gasteiger partial charge in [-0.3, -0.25) is 9.36 Å². The van der Waals surface area contributed by atoms with Crippen molar-refractivity contribution in [2.45, 2.75) is 17.5 Å². The van der Waals surface area contributed by atoms with E-state index in [-0.39, 0.29) is 5.56 Å². The zero-order valence-electron chi connectivity index (χ0n) is 15.2. The Morgan fingerprint density at radius 3 is 2.67 bits per heavy atom. The third-order valence-electron chi connectivity index (χ3n) is 5.02. The lowest BCUT2D eigenvalue weighted by atomic mass is 9.98. The van der Waals surface area contributed by atoms with Crippen molar-refractivity contribution < 1.29 is 14.8 Å². The molecule has 3 aromatic rings. The Bertz CT molecular complexity index is 1100. The molecular weight excluding hydrogens is 360 g/mol. The molecule has 0 amide bonds. The SMILES string of the molecule is C[NH+](C)c1c(Cc2cccc3ccccc23)cc(=O)n2c1SC[C@@H]2C(=O)O. The number of nitrogens with zero attached hydrogens (tertiary/aromatic N) is 1. The van der Waals surface area contributed by atoms with Crippen molar-refractivity contribution >= 4 is 34.2 Å². The van der Waals surface area contributed by atoms with Crippen LogP contribution in [0.15, 0.2) is 58.4 Å². The lowest BCUT2D eigenvalue weighted by molar-refractivity contribution is -0.788. The molecule has 1 aliphatic heterocycles. The van der Waals surface area contributed by atoms with Crippen LogP contribution in [0.2, 0.25) is 0 Å². The molecule has 6 heteroatoms. The summed E-state index contributed by atoms with van der Waals surface area (Å²) in [6, 6.07) is 15.3. The summed E-state index contributed by atoms with van der Waals surface area (Å²) in [4.78, 5) is 25.4. The minimum absolute atomic E-state index is 0.234. The van der Waals surface area contributed by atoms with E-state index in [4.69, 9.17) is 0 Å². The molecule has 1 aliphatic rings. The minimum atomic E-state index is -0.954. The molecular formula is C21H21N2O3S+. The quantitative estimate of drug-likeness (QED) is 0.727. The Morgan fingerprint density at radius 2 is 1.93 bits per heavy atom. The molecule has 0 radical (unpaired) electrons. The number of aromatic nitrogens is 1. The molecule has 1 aromatic heterocycles. The third kappa shape index (κ3) is 3.05. The Labute approximate surface area is 161 Å². The van der Waals surface area contributed by atoms with Gasteiger partial charge >= 0.3 is 5.97 Å². The smallest absolute Gasteiger partial charge is 0.327 e. The average molecular weight is 381 g/mol. The van der Waals surface area contributed by atoms with Crippen molar-refractivity contribution in [1.29, 1.82) is 0 Å². The fourth-order valence-corrected chi connectivity index (χ4v) is 5.27. The van der Waals surface area contributed by atoms with Gasteiger partial charge < -0.3 is 10.0 Å². The maximum Gasteiger partial charge on any atom is 0.327 e. The van der Waals surface area contributed by atoms with Crippen molar-refractivity contribution in [1.82, 2.24) is 4.57 Å². The summed E-state index contributed by atoms with van der Waals surface area (Å²) in [6.07, 6.45) is 0.642. The normalized spacial score (nSPS) is 16.0. The van der Waals surface area contributed by atoms with E-state index in [2.05, 4.69) is 24.3 Å². The van der Waals surface area contributed by atoms with Gasteiger partial charge in [0.15, 0.2) is 5.69 Å². The van der Waals surface area contributed by atoms with Crippen LogP contribution in [-0.4, -0.2) is 35.5 Å². The monoisotopic (exact) mass is 381 g/mol. The van der Waals surface area contributed by atoms with E-state index in [9.17, 15) is 14.7 Å². The number of aliphatic carboxylic acids is 1. The van der Waals surface area contributed by atoms with Gasteiger partial charge in [-0.2, -0.15) is 0 Å². The van der Waals surface area contributed by atoms with Crippen molar-refractivity contribution in [3.05, 3.63) is 70.0 Å². The molecule has 4 rings (SSSR count). The Balaban J connectivity index is 1.88. The van der Waals surface area contributed by atoms with Crippen molar-refractivity contribution in [2.75, 3.05) is 19.8 Å². The van der Waals surface area contributed by atoms with Crippen LogP contribution in [0.1, 0.15) is 17.2 Å². The van der Waals surface area contributed by atoms with Crippen molar-refractivity contribution in [2.24, 2.45) is 0 Å². The molecule has 0 aliphatic carbocycles. The van der Waals surface area contributed by atoms with Gasteiger partial charge in [0.1, 0.15) is 11.1 Å².